The Morgan fingerprint density at radius 1 is 1.31 bits per heavy atom. The number of carbonyl (C=O) groups is 1. The molecule has 1 amide bonds. The van der Waals surface area contributed by atoms with Crippen molar-refractivity contribution in [2.45, 2.75) is 45.5 Å². The zero-order chi connectivity index (χ0) is 23.5. The molecule has 170 valence electrons. The maximum atomic E-state index is 12.4. The number of aryl methyl sites for hydroxylation is 1. The van der Waals surface area contributed by atoms with E-state index in [0.29, 0.717) is 17.8 Å². The average molecular weight is 437 g/mol. The molecule has 1 atom stereocenters. The van der Waals surface area contributed by atoms with Gasteiger partial charge in [-0.15, -0.1) is 0 Å². The number of carbonyl (C=O) groups excluding carboxylic acids is 1. The number of amides is 1. The SMILES string of the molecule is CC/C=C\c1cc(C[C@H](NC(=O)CC/C(N)=C/N(N)c2cccnc2)B(O)O)ccc1C. The zero-order valence-corrected chi connectivity index (χ0v) is 18.6. The number of pyridine rings is 1. The van der Waals surface area contributed by atoms with Crippen LogP contribution in [0.2, 0.25) is 0 Å². The van der Waals surface area contributed by atoms with Gasteiger partial charge in [-0.05, 0) is 55.0 Å². The minimum absolute atomic E-state index is 0.0881. The van der Waals surface area contributed by atoms with Crippen molar-refractivity contribution in [3.8, 4) is 0 Å². The average Bonchev–Trinajstić information content (AvgIpc) is 2.78. The van der Waals surface area contributed by atoms with Crippen LogP contribution in [-0.4, -0.2) is 34.0 Å². The van der Waals surface area contributed by atoms with Gasteiger partial charge in [-0.3, -0.25) is 14.8 Å². The minimum Gasteiger partial charge on any atom is -0.426 e. The molecule has 2 aromatic rings. The molecule has 0 saturated carbocycles. The van der Waals surface area contributed by atoms with E-state index in [1.807, 2.05) is 31.2 Å². The summed E-state index contributed by atoms with van der Waals surface area (Å²) in [4.78, 5) is 16.4. The summed E-state index contributed by atoms with van der Waals surface area (Å²) >= 11 is 0. The van der Waals surface area contributed by atoms with Crippen LogP contribution in [0, 0.1) is 6.92 Å². The highest BCUT2D eigenvalue weighted by atomic mass is 16.4. The lowest BCUT2D eigenvalue weighted by Crippen LogP contribution is -2.47. The van der Waals surface area contributed by atoms with Crippen LogP contribution >= 0.6 is 0 Å². The molecule has 0 fully saturated rings. The summed E-state index contributed by atoms with van der Waals surface area (Å²) in [6.07, 6.45) is 10.5. The molecule has 0 radical (unpaired) electrons. The lowest BCUT2D eigenvalue weighted by molar-refractivity contribution is -0.121. The maximum absolute atomic E-state index is 12.4. The number of hydrogen-bond acceptors (Lipinski definition) is 7. The Morgan fingerprint density at radius 3 is 2.75 bits per heavy atom. The van der Waals surface area contributed by atoms with Crippen LogP contribution in [0.3, 0.4) is 0 Å². The molecule has 0 bridgehead atoms. The largest absolute Gasteiger partial charge is 0.475 e. The second-order valence-electron chi connectivity index (χ2n) is 7.62. The van der Waals surface area contributed by atoms with E-state index in [1.165, 1.54) is 11.2 Å². The van der Waals surface area contributed by atoms with Gasteiger partial charge < -0.3 is 21.1 Å². The first-order valence-electron chi connectivity index (χ1n) is 10.6. The first-order valence-corrected chi connectivity index (χ1v) is 10.6. The molecular formula is C23H32BN5O3. The van der Waals surface area contributed by atoms with E-state index in [9.17, 15) is 14.8 Å². The smallest absolute Gasteiger partial charge is 0.426 e. The standard InChI is InChI=1S/C23H32BN5O3/c1-3-4-6-19-13-18(9-8-17(19)2)14-22(24(31)32)28-23(30)11-10-20(25)16-29(26)21-7-5-12-27-15-21/h4-9,12-13,15-16,22,31-32H,3,10-11,14,25-26H2,1-2H3,(H,28,30)/b6-4-,20-16-/t22-/m0/s1. The lowest BCUT2D eigenvalue weighted by atomic mass is 9.75. The summed E-state index contributed by atoms with van der Waals surface area (Å²) < 4.78 is 0. The van der Waals surface area contributed by atoms with Gasteiger partial charge in [0, 0.05) is 24.5 Å². The summed E-state index contributed by atoms with van der Waals surface area (Å²) in [6, 6.07) is 9.45. The number of benzene rings is 1. The highest BCUT2D eigenvalue weighted by molar-refractivity contribution is 6.43. The molecule has 0 unspecified atom stereocenters. The second-order valence-corrected chi connectivity index (χ2v) is 7.62. The highest BCUT2D eigenvalue weighted by Crippen LogP contribution is 2.16. The molecule has 0 aliphatic rings. The van der Waals surface area contributed by atoms with E-state index in [1.54, 1.807) is 24.5 Å². The van der Waals surface area contributed by atoms with Crippen molar-refractivity contribution in [1.82, 2.24) is 10.3 Å². The van der Waals surface area contributed by atoms with Crippen LogP contribution in [0.5, 0.6) is 0 Å². The van der Waals surface area contributed by atoms with Gasteiger partial charge in [0.15, 0.2) is 0 Å². The van der Waals surface area contributed by atoms with Crippen molar-refractivity contribution in [3.63, 3.8) is 0 Å². The first kappa shape index (κ1) is 25.1. The molecule has 0 aliphatic carbocycles. The van der Waals surface area contributed by atoms with E-state index in [2.05, 4.69) is 23.3 Å². The summed E-state index contributed by atoms with van der Waals surface area (Å²) in [7, 11) is -1.69. The van der Waals surface area contributed by atoms with Crippen molar-refractivity contribution < 1.29 is 14.8 Å². The Labute approximate surface area is 189 Å². The van der Waals surface area contributed by atoms with Crippen molar-refractivity contribution in [2.24, 2.45) is 11.6 Å². The van der Waals surface area contributed by atoms with E-state index in [0.717, 1.165) is 23.1 Å². The molecule has 0 aliphatic heterocycles. The molecule has 0 saturated heterocycles. The quantitative estimate of drug-likeness (QED) is 0.205. The van der Waals surface area contributed by atoms with Gasteiger partial charge in [-0.2, -0.15) is 0 Å². The van der Waals surface area contributed by atoms with Gasteiger partial charge >= 0.3 is 7.12 Å². The van der Waals surface area contributed by atoms with Gasteiger partial charge in [0.1, 0.15) is 0 Å². The van der Waals surface area contributed by atoms with Crippen LogP contribution in [0.1, 0.15) is 42.9 Å². The van der Waals surface area contributed by atoms with Crippen molar-refractivity contribution >= 4 is 24.8 Å². The number of hydrogen-bond donors (Lipinski definition) is 5. The fraction of sp³-hybridized carbons (Fsp3) is 0.304. The topological polar surface area (TPSA) is 138 Å². The van der Waals surface area contributed by atoms with Crippen molar-refractivity contribution in [3.05, 3.63) is 77.4 Å². The Kier molecular flexibility index (Phi) is 9.94. The molecule has 7 N–H and O–H groups in total. The number of anilines is 1. The summed E-state index contributed by atoms with van der Waals surface area (Å²) in [6.45, 7) is 4.09. The monoisotopic (exact) mass is 437 g/mol. The first-order chi connectivity index (χ1) is 15.3. The number of allylic oxidation sites excluding steroid dienone is 2. The molecule has 0 spiro atoms. The van der Waals surface area contributed by atoms with Crippen LogP contribution in [0.15, 0.2) is 60.7 Å². The van der Waals surface area contributed by atoms with Crippen molar-refractivity contribution in [1.29, 1.82) is 0 Å². The third kappa shape index (κ3) is 8.18. The number of rotatable bonds is 11. The predicted molar refractivity (Wildman–Crippen MR) is 129 cm³/mol. The van der Waals surface area contributed by atoms with Crippen LogP contribution in [-0.2, 0) is 11.2 Å². The van der Waals surface area contributed by atoms with E-state index in [4.69, 9.17) is 11.6 Å². The number of nitrogens with two attached hydrogens (primary N) is 2. The Bertz CT molecular complexity index is 934. The van der Waals surface area contributed by atoms with Gasteiger partial charge in [0.25, 0.3) is 0 Å². The zero-order valence-electron chi connectivity index (χ0n) is 18.6. The molecule has 2 rings (SSSR count). The second kappa shape index (κ2) is 12.7. The predicted octanol–water partition coefficient (Wildman–Crippen LogP) is 1.81. The summed E-state index contributed by atoms with van der Waals surface area (Å²) in [5.41, 5.74) is 10.2. The lowest BCUT2D eigenvalue weighted by Gasteiger charge is -2.19. The number of aromatic nitrogens is 1. The molecule has 1 heterocycles. The van der Waals surface area contributed by atoms with Gasteiger partial charge in [0.05, 0.1) is 17.8 Å². The number of nitrogens with zero attached hydrogens (tertiary/aromatic N) is 2. The molecule has 9 heteroatoms. The van der Waals surface area contributed by atoms with Crippen LogP contribution in [0.4, 0.5) is 5.69 Å². The maximum Gasteiger partial charge on any atom is 0.475 e. The van der Waals surface area contributed by atoms with Gasteiger partial charge in [0.2, 0.25) is 5.91 Å². The van der Waals surface area contributed by atoms with Crippen LogP contribution in [0.25, 0.3) is 6.08 Å². The van der Waals surface area contributed by atoms with Crippen molar-refractivity contribution in [2.75, 3.05) is 5.01 Å². The highest BCUT2D eigenvalue weighted by Gasteiger charge is 2.25. The molecular weight excluding hydrogens is 405 g/mol. The number of hydrazine groups is 1. The molecule has 8 nitrogen and oxygen atoms in total. The summed E-state index contributed by atoms with van der Waals surface area (Å²) in [5, 5.41) is 23.6. The minimum atomic E-state index is -1.69. The normalized spacial score (nSPS) is 12.6. The third-order valence-corrected chi connectivity index (χ3v) is 4.93. The van der Waals surface area contributed by atoms with E-state index >= 15 is 0 Å². The Morgan fingerprint density at radius 2 is 2.09 bits per heavy atom. The molecule has 1 aromatic carbocycles. The van der Waals surface area contributed by atoms with E-state index < -0.39 is 13.1 Å². The number of nitrogens with one attached hydrogen (secondary N) is 1. The third-order valence-electron chi connectivity index (χ3n) is 4.93. The Balaban J connectivity index is 1.94. The van der Waals surface area contributed by atoms with Gasteiger partial charge in [-0.25, -0.2) is 5.84 Å². The fourth-order valence-electron chi connectivity index (χ4n) is 3.09. The van der Waals surface area contributed by atoms with Gasteiger partial charge in [-0.1, -0.05) is 37.3 Å². The molecule has 1 aromatic heterocycles. The summed E-state index contributed by atoms with van der Waals surface area (Å²) in [5.74, 6) is 4.76. The molecule has 32 heavy (non-hydrogen) atoms. The fourth-order valence-corrected chi connectivity index (χ4v) is 3.09. The Hall–Kier alpha value is -3.14. The van der Waals surface area contributed by atoms with E-state index in [-0.39, 0.29) is 18.7 Å². The van der Waals surface area contributed by atoms with Crippen LogP contribution < -0.4 is 21.9 Å².